The number of phenols is 1. The van der Waals surface area contributed by atoms with Crippen molar-refractivity contribution in [2.75, 3.05) is 19.6 Å². The molecule has 0 spiro atoms. The maximum Gasteiger partial charge on any atom is 0.316 e. The van der Waals surface area contributed by atoms with E-state index < -0.39 is 18.2 Å². The summed E-state index contributed by atoms with van der Waals surface area (Å²) >= 11 is 0. The Morgan fingerprint density at radius 3 is 2.39 bits per heavy atom. The third kappa shape index (κ3) is 8.36. The second-order valence-electron chi connectivity index (χ2n) is 11.1. The fourth-order valence-electron chi connectivity index (χ4n) is 5.55. The lowest BCUT2D eigenvalue weighted by Crippen LogP contribution is -2.69. The Bertz CT molecular complexity index is 1630. The highest BCUT2D eigenvalue weighted by molar-refractivity contribution is 5.91. The summed E-state index contributed by atoms with van der Waals surface area (Å²) in [7, 11) is 0. The maximum absolute atomic E-state index is 14.3. The molecule has 10 nitrogen and oxygen atoms in total. The molecule has 2 heterocycles. The maximum atomic E-state index is 14.3. The van der Waals surface area contributed by atoms with Gasteiger partial charge < -0.3 is 30.9 Å². The summed E-state index contributed by atoms with van der Waals surface area (Å²) in [6.45, 7) is 4.74. The average molecular weight is 619 g/mol. The number of phenolic OH excluding ortho intramolecular Hbond substituents is 1. The van der Waals surface area contributed by atoms with Crippen molar-refractivity contribution in [3.63, 3.8) is 0 Å². The Labute approximate surface area is 268 Å². The van der Waals surface area contributed by atoms with Gasteiger partial charge in [0.15, 0.2) is 0 Å². The van der Waals surface area contributed by atoms with Crippen molar-refractivity contribution >= 4 is 17.8 Å². The zero-order valence-electron chi connectivity index (χ0n) is 25.5. The van der Waals surface area contributed by atoms with Crippen molar-refractivity contribution in [3.8, 4) is 16.9 Å². The molecule has 4 aromatic rings. The van der Waals surface area contributed by atoms with Gasteiger partial charge in [-0.1, -0.05) is 66.7 Å². The fourth-order valence-corrected chi connectivity index (χ4v) is 5.55. The van der Waals surface area contributed by atoms with Crippen LogP contribution in [0.5, 0.6) is 5.75 Å². The summed E-state index contributed by atoms with van der Waals surface area (Å²) in [6.07, 6.45) is 4.51. The van der Waals surface area contributed by atoms with Crippen molar-refractivity contribution < 1.29 is 19.5 Å². The Morgan fingerprint density at radius 2 is 1.65 bits per heavy atom. The summed E-state index contributed by atoms with van der Waals surface area (Å²) in [5.41, 5.74) is 4.60. The molecule has 2 atom stereocenters. The van der Waals surface area contributed by atoms with Gasteiger partial charge in [0.05, 0.1) is 13.1 Å². The first-order valence-corrected chi connectivity index (χ1v) is 15.2. The van der Waals surface area contributed by atoms with Gasteiger partial charge in [0.2, 0.25) is 11.8 Å². The third-order valence-corrected chi connectivity index (χ3v) is 7.79. The molecule has 0 saturated carbocycles. The predicted molar refractivity (Wildman–Crippen MR) is 176 cm³/mol. The van der Waals surface area contributed by atoms with Crippen molar-refractivity contribution in [1.29, 1.82) is 0 Å². The van der Waals surface area contributed by atoms with Gasteiger partial charge in [-0.25, -0.2) is 4.79 Å². The van der Waals surface area contributed by atoms with Gasteiger partial charge in [0.1, 0.15) is 18.0 Å². The molecule has 3 aromatic carbocycles. The molecule has 5 rings (SSSR count). The molecule has 4 N–H and O–H groups in total. The summed E-state index contributed by atoms with van der Waals surface area (Å²) in [5.74, 6) is -0.459. The van der Waals surface area contributed by atoms with E-state index >= 15 is 0 Å². The molecule has 0 bridgehead atoms. The zero-order valence-corrected chi connectivity index (χ0v) is 25.5. The first-order chi connectivity index (χ1) is 22.4. The second kappa shape index (κ2) is 15.5. The highest BCUT2D eigenvalue weighted by atomic mass is 16.3. The number of pyridine rings is 1. The second-order valence-corrected chi connectivity index (χ2v) is 11.1. The number of rotatable bonds is 12. The number of nitrogens with one attached hydrogen (secondary N) is 3. The minimum absolute atomic E-state index is 0.0385. The third-order valence-electron chi connectivity index (χ3n) is 7.79. The summed E-state index contributed by atoms with van der Waals surface area (Å²) in [5, 5.41) is 18.7. The van der Waals surface area contributed by atoms with Crippen molar-refractivity contribution in [1.82, 2.24) is 30.7 Å². The standard InChI is InChI=1S/C36H38N6O4/c1-2-17-38-23-34(44)42-32(21-26-11-13-31(43)14-12-26)35(45)41(24-28-9-6-10-30(20-28)29-15-18-37-19-16-29)25-33(42)40-36(46)39-22-27-7-4-3-5-8-27/h2-16,18-20,32-33,38,43H,1,17,21-25H2,(H2,39,40,46)/t32-,33+/m0/s1. The Balaban J connectivity index is 1.44. The van der Waals surface area contributed by atoms with Crippen molar-refractivity contribution in [2.24, 2.45) is 0 Å². The SMILES string of the molecule is C=CCNCC(=O)N1[C@@H](NC(=O)NCc2ccccc2)CN(Cc2cccc(-c3ccncc3)c2)C(=O)[C@@H]1Cc1ccc(O)cc1. The van der Waals surface area contributed by atoms with E-state index in [4.69, 9.17) is 0 Å². The molecule has 1 fully saturated rings. The van der Waals surface area contributed by atoms with E-state index in [1.54, 1.807) is 47.6 Å². The lowest BCUT2D eigenvalue weighted by Gasteiger charge is -2.46. The van der Waals surface area contributed by atoms with Crippen LogP contribution in [0.3, 0.4) is 0 Å². The smallest absolute Gasteiger partial charge is 0.316 e. The normalized spacial score (nSPS) is 16.1. The van der Waals surface area contributed by atoms with Gasteiger partial charge in [0, 0.05) is 38.4 Å². The lowest BCUT2D eigenvalue weighted by atomic mass is 9.98. The van der Waals surface area contributed by atoms with Gasteiger partial charge in [-0.05, 0) is 58.1 Å². The van der Waals surface area contributed by atoms with E-state index in [1.165, 1.54) is 4.90 Å². The monoisotopic (exact) mass is 618 g/mol. The molecule has 236 valence electrons. The molecular formula is C36H38N6O4. The number of piperazine rings is 1. The molecule has 46 heavy (non-hydrogen) atoms. The van der Waals surface area contributed by atoms with Crippen LogP contribution in [-0.2, 0) is 29.1 Å². The van der Waals surface area contributed by atoms with Crippen LogP contribution in [-0.4, -0.2) is 69.6 Å². The Morgan fingerprint density at radius 1 is 0.913 bits per heavy atom. The number of hydrogen-bond donors (Lipinski definition) is 4. The quantitative estimate of drug-likeness (QED) is 0.141. The fraction of sp³-hybridized carbons (Fsp3) is 0.222. The number of aromatic nitrogens is 1. The summed E-state index contributed by atoms with van der Waals surface area (Å²) < 4.78 is 0. The van der Waals surface area contributed by atoms with E-state index in [0.717, 1.165) is 27.8 Å². The highest BCUT2D eigenvalue weighted by Gasteiger charge is 2.43. The average Bonchev–Trinajstić information content (AvgIpc) is 3.08. The van der Waals surface area contributed by atoms with Crippen LogP contribution in [0.15, 0.2) is 116 Å². The first-order valence-electron chi connectivity index (χ1n) is 15.2. The number of carbonyl (C=O) groups excluding carboxylic acids is 3. The molecule has 1 aromatic heterocycles. The molecule has 1 aliphatic heterocycles. The van der Waals surface area contributed by atoms with Crippen LogP contribution in [0.2, 0.25) is 0 Å². The highest BCUT2D eigenvalue weighted by Crippen LogP contribution is 2.25. The van der Waals surface area contributed by atoms with E-state index in [-0.39, 0.29) is 43.6 Å². The van der Waals surface area contributed by atoms with Gasteiger partial charge in [-0.15, -0.1) is 6.58 Å². The van der Waals surface area contributed by atoms with Gasteiger partial charge in [0.25, 0.3) is 0 Å². The molecule has 10 heteroatoms. The number of benzene rings is 3. The van der Waals surface area contributed by atoms with Crippen LogP contribution in [0.25, 0.3) is 11.1 Å². The minimum atomic E-state index is -0.904. The molecule has 0 unspecified atom stereocenters. The van der Waals surface area contributed by atoms with E-state index in [1.807, 2.05) is 66.7 Å². The molecule has 0 aliphatic carbocycles. The van der Waals surface area contributed by atoms with Gasteiger partial charge in [-0.2, -0.15) is 0 Å². The number of urea groups is 1. The number of amides is 4. The van der Waals surface area contributed by atoms with Gasteiger partial charge >= 0.3 is 6.03 Å². The molecule has 4 amide bonds. The summed E-state index contributed by atoms with van der Waals surface area (Å²) in [4.78, 5) is 48.5. The van der Waals surface area contributed by atoms with Crippen molar-refractivity contribution in [2.45, 2.75) is 31.7 Å². The molecular weight excluding hydrogens is 580 g/mol. The largest absolute Gasteiger partial charge is 0.508 e. The topological polar surface area (TPSA) is 127 Å². The van der Waals surface area contributed by atoms with E-state index in [0.29, 0.717) is 13.1 Å². The zero-order chi connectivity index (χ0) is 32.3. The minimum Gasteiger partial charge on any atom is -0.508 e. The van der Waals surface area contributed by atoms with Crippen LogP contribution < -0.4 is 16.0 Å². The van der Waals surface area contributed by atoms with Crippen LogP contribution in [0.1, 0.15) is 16.7 Å². The van der Waals surface area contributed by atoms with Crippen LogP contribution >= 0.6 is 0 Å². The molecule has 1 saturated heterocycles. The first kappa shape index (κ1) is 31.9. The Kier molecular flexibility index (Phi) is 10.8. The molecule has 1 aliphatic rings. The Hall–Kier alpha value is -5.48. The lowest BCUT2D eigenvalue weighted by molar-refractivity contribution is -0.157. The van der Waals surface area contributed by atoms with Crippen LogP contribution in [0.4, 0.5) is 4.79 Å². The van der Waals surface area contributed by atoms with E-state index in [9.17, 15) is 19.5 Å². The predicted octanol–water partition coefficient (Wildman–Crippen LogP) is 3.84. The molecule has 0 radical (unpaired) electrons. The summed E-state index contributed by atoms with van der Waals surface area (Å²) in [6, 6.07) is 26.5. The van der Waals surface area contributed by atoms with Crippen LogP contribution in [0, 0.1) is 0 Å². The number of aromatic hydroxyl groups is 1. The van der Waals surface area contributed by atoms with E-state index in [2.05, 4.69) is 27.5 Å². The number of hydrogen-bond acceptors (Lipinski definition) is 6. The van der Waals surface area contributed by atoms with Gasteiger partial charge in [-0.3, -0.25) is 14.6 Å². The number of carbonyl (C=O) groups is 3. The number of nitrogens with zero attached hydrogens (tertiary/aromatic N) is 3. The van der Waals surface area contributed by atoms with Crippen molar-refractivity contribution in [3.05, 3.63) is 133 Å².